The van der Waals surface area contributed by atoms with E-state index in [1.807, 2.05) is 7.05 Å². The van der Waals surface area contributed by atoms with Crippen LogP contribution in [0.4, 0.5) is 0 Å². The van der Waals surface area contributed by atoms with Gasteiger partial charge >= 0.3 is 0 Å². The molecule has 0 aliphatic rings. The first-order valence-corrected chi connectivity index (χ1v) is 8.22. The third-order valence-corrected chi connectivity index (χ3v) is 4.48. The molecule has 8 heteroatoms. The van der Waals surface area contributed by atoms with Crippen LogP contribution in [0, 0.1) is 0 Å². The first kappa shape index (κ1) is 15.4. The molecular formula is C14H12Cl2N4OS. The number of thioether (sulfide) groups is 1. The van der Waals surface area contributed by atoms with Crippen molar-refractivity contribution in [3.05, 3.63) is 40.8 Å². The second-order valence-corrected chi connectivity index (χ2v) is 6.38. The first-order chi connectivity index (χ1) is 10.6. The van der Waals surface area contributed by atoms with Crippen molar-refractivity contribution in [1.82, 2.24) is 19.7 Å². The highest BCUT2D eigenvalue weighted by molar-refractivity contribution is 7.99. The molecule has 3 aromatic rings. The molecule has 0 bridgehead atoms. The zero-order valence-electron chi connectivity index (χ0n) is 11.7. The Bertz CT molecular complexity index is 809. The lowest BCUT2D eigenvalue weighted by atomic mass is 10.3. The number of rotatable bonds is 5. The highest BCUT2D eigenvalue weighted by Gasteiger charge is 2.08. The normalized spacial score (nSPS) is 11.0. The Morgan fingerprint density at radius 1 is 1.27 bits per heavy atom. The van der Waals surface area contributed by atoms with Crippen LogP contribution in [0.1, 0.15) is 0 Å². The van der Waals surface area contributed by atoms with E-state index in [9.17, 15) is 0 Å². The average Bonchev–Trinajstić information content (AvgIpc) is 2.89. The van der Waals surface area contributed by atoms with Crippen LogP contribution in [0.2, 0.25) is 10.0 Å². The van der Waals surface area contributed by atoms with E-state index < -0.39 is 0 Å². The molecule has 0 fully saturated rings. The predicted molar refractivity (Wildman–Crippen MR) is 89.0 cm³/mol. The number of ether oxygens (including phenoxy) is 1. The van der Waals surface area contributed by atoms with Crippen LogP contribution in [0.5, 0.6) is 5.75 Å². The van der Waals surface area contributed by atoms with Crippen LogP contribution in [0.15, 0.2) is 35.7 Å². The molecule has 114 valence electrons. The lowest BCUT2D eigenvalue weighted by Gasteiger charge is -2.08. The highest BCUT2D eigenvalue weighted by atomic mass is 35.5. The van der Waals surface area contributed by atoms with Gasteiger partial charge in [-0.25, -0.2) is 9.97 Å². The van der Waals surface area contributed by atoms with Crippen molar-refractivity contribution >= 4 is 46.0 Å². The van der Waals surface area contributed by atoms with Gasteiger partial charge in [0.15, 0.2) is 5.65 Å². The molecule has 0 saturated carbocycles. The lowest BCUT2D eigenvalue weighted by molar-refractivity contribution is 0.344. The number of aromatic nitrogens is 4. The SMILES string of the molecule is Cn1ncc2c(SCCOc3cc(Cl)ccc3Cl)ncnc21. The van der Waals surface area contributed by atoms with Gasteiger partial charge in [-0.05, 0) is 12.1 Å². The van der Waals surface area contributed by atoms with Gasteiger partial charge < -0.3 is 4.74 Å². The first-order valence-electron chi connectivity index (χ1n) is 6.48. The van der Waals surface area contributed by atoms with Crippen LogP contribution in [-0.4, -0.2) is 32.1 Å². The van der Waals surface area contributed by atoms with Gasteiger partial charge in [-0.2, -0.15) is 5.10 Å². The Balaban J connectivity index is 1.62. The van der Waals surface area contributed by atoms with E-state index in [4.69, 9.17) is 27.9 Å². The molecule has 0 aliphatic heterocycles. The summed E-state index contributed by atoms with van der Waals surface area (Å²) in [4.78, 5) is 8.50. The summed E-state index contributed by atoms with van der Waals surface area (Å²) in [5.41, 5.74) is 0.816. The molecule has 0 amide bonds. The molecule has 2 heterocycles. The fourth-order valence-corrected chi connectivity index (χ4v) is 3.05. The third-order valence-electron chi connectivity index (χ3n) is 2.97. The zero-order chi connectivity index (χ0) is 15.5. The van der Waals surface area contributed by atoms with Gasteiger partial charge in [0, 0.05) is 23.9 Å². The van der Waals surface area contributed by atoms with E-state index >= 15 is 0 Å². The second-order valence-electron chi connectivity index (χ2n) is 4.46. The largest absolute Gasteiger partial charge is 0.491 e. The topological polar surface area (TPSA) is 52.8 Å². The fourth-order valence-electron chi connectivity index (χ4n) is 1.93. The van der Waals surface area contributed by atoms with Gasteiger partial charge in [0.1, 0.15) is 17.1 Å². The summed E-state index contributed by atoms with van der Waals surface area (Å²) in [6.45, 7) is 0.497. The minimum atomic E-state index is 0.497. The van der Waals surface area contributed by atoms with Crippen molar-refractivity contribution < 1.29 is 4.74 Å². The van der Waals surface area contributed by atoms with Crippen LogP contribution in [0.3, 0.4) is 0 Å². The van der Waals surface area contributed by atoms with Gasteiger partial charge in [0.05, 0.1) is 23.2 Å². The Morgan fingerprint density at radius 2 is 2.14 bits per heavy atom. The van der Waals surface area contributed by atoms with Gasteiger partial charge in [-0.3, -0.25) is 4.68 Å². The minimum absolute atomic E-state index is 0.497. The maximum Gasteiger partial charge on any atom is 0.162 e. The smallest absolute Gasteiger partial charge is 0.162 e. The van der Waals surface area contributed by atoms with Crippen LogP contribution < -0.4 is 4.74 Å². The molecule has 0 saturated heterocycles. The number of hydrogen-bond acceptors (Lipinski definition) is 5. The van der Waals surface area contributed by atoms with Crippen molar-refractivity contribution in [2.45, 2.75) is 5.03 Å². The minimum Gasteiger partial charge on any atom is -0.491 e. The molecule has 2 aromatic heterocycles. The Labute approximate surface area is 141 Å². The van der Waals surface area contributed by atoms with E-state index in [2.05, 4.69) is 15.1 Å². The molecule has 0 N–H and O–H groups in total. The molecule has 22 heavy (non-hydrogen) atoms. The lowest BCUT2D eigenvalue weighted by Crippen LogP contribution is -2.01. The monoisotopic (exact) mass is 354 g/mol. The highest BCUT2D eigenvalue weighted by Crippen LogP contribution is 2.28. The summed E-state index contributed by atoms with van der Waals surface area (Å²) in [5, 5.41) is 7.16. The summed E-state index contributed by atoms with van der Waals surface area (Å²) in [6.07, 6.45) is 3.31. The van der Waals surface area contributed by atoms with Crippen molar-refractivity contribution in [3.8, 4) is 5.75 Å². The molecule has 1 aromatic carbocycles. The second kappa shape index (κ2) is 6.73. The maximum absolute atomic E-state index is 6.05. The van der Waals surface area contributed by atoms with Crippen molar-refractivity contribution in [3.63, 3.8) is 0 Å². The Morgan fingerprint density at radius 3 is 3.00 bits per heavy atom. The summed E-state index contributed by atoms with van der Waals surface area (Å²) < 4.78 is 7.38. The summed E-state index contributed by atoms with van der Waals surface area (Å²) in [7, 11) is 1.86. The number of hydrogen-bond donors (Lipinski definition) is 0. The molecule has 0 radical (unpaired) electrons. The summed E-state index contributed by atoms with van der Waals surface area (Å²) >= 11 is 13.6. The Kier molecular flexibility index (Phi) is 4.71. The molecule has 5 nitrogen and oxygen atoms in total. The Hall–Kier alpha value is -1.50. The molecule has 3 rings (SSSR count). The summed E-state index contributed by atoms with van der Waals surface area (Å²) in [5.74, 6) is 1.31. The van der Waals surface area contributed by atoms with E-state index in [0.717, 1.165) is 21.8 Å². The number of aryl methyl sites for hydroxylation is 1. The average molecular weight is 355 g/mol. The van der Waals surface area contributed by atoms with Crippen LogP contribution in [0.25, 0.3) is 11.0 Å². The zero-order valence-corrected chi connectivity index (χ0v) is 14.0. The number of halogens is 2. The molecule has 0 spiro atoms. The molecule has 0 aliphatic carbocycles. The van der Waals surface area contributed by atoms with Crippen molar-refractivity contribution in [2.24, 2.45) is 7.05 Å². The molecule has 0 atom stereocenters. The fraction of sp³-hybridized carbons (Fsp3) is 0.214. The van der Waals surface area contributed by atoms with E-state index in [0.29, 0.717) is 22.4 Å². The van der Waals surface area contributed by atoms with E-state index in [-0.39, 0.29) is 0 Å². The van der Waals surface area contributed by atoms with Crippen LogP contribution in [-0.2, 0) is 7.05 Å². The van der Waals surface area contributed by atoms with E-state index in [1.165, 1.54) is 0 Å². The number of benzene rings is 1. The third kappa shape index (κ3) is 3.29. The standard InChI is InChI=1S/C14H12Cl2N4OS/c1-20-13-10(7-19-20)14(18-8-17-13)22-5-4-21-12-6-9(15)2-3-11(12)16/h2-3,6-8H,4-5H2,1H3. The predicted octanol–water partition coefficient (Wildman–Crippen LogP) is 3.84. The number of fused-ring (bicyclic) bond motifs is 1. The van der Waals surface area contributed by atoms with Gasteiger partial charge in [-0.15, -0.1) is 11.8 Å². The van der Waals surface area contributed by atoms with Crippen molar-refractivity contribution in [2.75, 3.05) is 12.4 Å². The number of nitrogens with zero attached hydrogens (tertiary/aromatic N) is 4. The van der Waals surface area contributed by atoms with Gasteiger partial charge in [0.25, 0.3) is 0 Å². The molecular weight excluding hydrogens is 343 g/mol. The van der Waals surface area contributed by atoms with Gasteiger partial charge in [-0.1, -0.05) is 23.2 Å². The van der Waals surface area contributed by atoms with Crippen molar-refractivity contribution in [1.29, 1.82) is 0 Å². The van der Waals surface area contributed by atoms with E-state index in [1.54, 1.807) is 47.2 Å². The quantitative estimate of drug-likeness (QED) is 0.395. The maximum atomic E-state index is 6.05. The van der Waals surface area contributed by atoms with Gasteiger partial charge in [0.2, 0.25) is 0 Å². The molecule has 0 unspecified atom stereocenters. The summed E-state index contributed by atoms with van der Waals surface area (Å²) in [6, 6.07) is 5.15. The van der Waals surface area contributed by atoms with Crippen LogP contribution >= 0.6 is 35.0 Å².